The van der Waals surface area contributed by atoms with E-state index in [1.165, 1.54) is 4.31 Å². The number of piperidine rings is 1. The fourth-order valence-electron chi connectivity index (χ4n) is 2.73. The highest BCUT2D eigenvalue weighted by Gasteiger charge is 2.31. The molecule has 0 aliphatic carbocycles. The Morgan fingerprint density at radius 2 is 1.82 bits per heavy atom. The first-order valence-electron chi connectivity index (χ1n) is 7.75. The van der Waals surface area contributed by atoms with Crippen LogP contribution in [-0.4, -0.2) is 31.7 Å². The summed E-state index contributed by atoms with van der Waals surface area (Å²) in [7, 11) is -3.48. The highest BCUT2D eigenvalue weighted by atomic mass is 32.2. The summed E-state index contributed by atoms with van der Waals surface area (Å²) in [6.07, 6.45) is 2.02. The van der Waals surface area contributed by atoms with Gasteiger partial charge in [-0.1, -0.05) is 26.0 Å². The number of primary amides is 1. The topological polar surface area (TPSA) is 80.5 Å². The van der Waals surface area contributed by atoms with Gasteiger partial charge in [0.25, 0.3) is 0 Å². The van der Waals surface area contributed by atoms with Crippen molar-refractivity contribution in [3.8, 4) is 0 Å². The molecule has 0 bridgehead atoms. The van der Waals surface area contributed by atoms with E-state index in [9.17, 15) is 13.2 Å². The van der Waals surface area contributed by atoms with Crippen molar-refractivity contribution in [2.45, 2.75) is 43.9 Å². The number of hydrogen-bond acceptors (Lipinski definition) is 3. The minimum atomic E-state index is -3.48. The molecule has 1 unspecified atom stereocenters. The van der Waals surface area contributed by atoms with E-state index in [4.69, 9.17) is 5.73 Å². The normalized spacial score (nSPS) is 19.0. The Labute approximate surface area is 132 Å². The molecular formula is C16H24N2O3S. The van der Waals surface area contributed by atoms with Crippen LogP contribution in [0.4, 0.5) is 0 Å². The van der Waals surface area contributed by atoms with Crippen molar-refractivity contribution in [2.24, 2.45) is 11.7 Å². The molecule has 0 saturated carbocycles. The van der Waals surface area contributed by atoms with Crippen LogP contribution in [0.2, 0.25) is 0 Å². The van der Waals surface area contributed by atoms with E-state index < -0.39 is 10.0 Å². The Morgan fingerprint density at radius 1 is 1.27 bits per heavy atom. The van der Waals surface area contributed by atoms with E-state index in [1.54, 1.807) is 12.1 Å². The molecule has 0 aromatic heterocycles. The lowest BCUT2D eigenvalue weighted by Crippen LogP contribution is -2.41. The molecule has 1 aliphatic heterocycles. The fraction of sp³-hybridized carbons (Fsp3) is 0.562. The number of amides is 1. The summed E-state index contributed by atoms with van der Waals surface area (Å²) in [6.45, 7) is 4.93. The van der Waals surface area contributed by atoms with Gasteiger partial charge in [0.1, 0.15) is 0 Å². The maximum atomic E-state index is 12.6. The lowest BCUT2D eigenvalue weighted by atomic mass is 9.98. The van der Waals surface area contributed by atoms with Gasteiger partial charge in [0.05, 0.1) is 4.90 Å². The molecule has 0 spiro atoms. The Bertz CT molecular complexity index is 617. The van der Waals surface area contributed by atoms with E-state index in [1.807, 2.05) is 12.1 Å². The molecule has 1 amide bonds. The van der Waals surface area contributed by atoms with Crippen molar-refractivity contribution >= 4 is 15.9 Å². The summed E-state index contributed by atoms with van der Waals surface area (Å²) >= 11 is 0. The summed E-state index contributed by atoms with van der Waals surface area (Å²) < 4.78 is 26.7. The largest absolute Gasteiger partial charge is 0.369 e. The molecule has 1 atom stereocenters. The van der Waals surface area contributed by atoms with Crippen LogP contribution in [0.3, 0.4) is 0 Å². The van der Waals surface area contributed by atoms with Crippen LogP contribution in [0.1, 0.15) is 44.6 Å². The highest BCUT2D eigenvalue weighted by Crippen LogP contribution is 2.25. The molecule has 1 heterocycles. The Kier molecular flexibility index (Phi) is 5.24. The lowest BCUT2D eigenvalue weighted by molar-refractivity contribution is -0.122. The van der Waals surface area contributed by atoms with Crippen LogP contribution in [0.5, 0.6) is 0 Å². The molecule has 1 aliphatic rings. The second-order valence-corrected chi connectivity index (χ2v) is 7.90. The van der Waals surface area contributed by atoms with Gasteiger partial charge in [0, 0.05) is 19.0 Å². The van der Waals surface area contributed by atoms with E-state index in [0.717, 1.165) is 12.0 Å². The third-order valence-corrected chi connectivity index (χ3v) is 6.47. The van der Waals surface area contributed by atoms with Crippen molar-refractivity contribution in [3.05, 3.63) is 29.8 Å². The van der Waals surface area contributed by atoms with Crippen LogP contribution < -0.4 is 5.73 Å². The van der Waals surface area contributed by atoms with Crippen LogP contribution in [0, 0.1) is 5.92 Å². The average molecular weight is 324 g/mol. The number of carbonyl (C=O) groups is 1. The molecule has 0 radical (unpaired) electrons. The second-order valence-electron chi connectivity index (χ2n) is 5.96. The summed E-state index contributed by atoms with van der Waals surface area (Å²) in [5.41, 5.74) is 6.43. The van der Waals surface area contributed by atoms with Gasteiger partial charge < -0.3 is 5.73 Å². The van der Waals surface area contributed by atoms with Crippen molar-refractivity contribution < 1.29 is 13.2 Å². The monoisotopic (exact) mass is 324 g/mol. The zero-order chi connectivity index (χ0) is 16.3. The molecule has 1 aromatic carbocycles. The lowest BCUT2D eigenvalue weighted by Gasteiger charge is -2.29. The number of nitrogens with two attached hydrogens (primary N) is 1. The zero-order valence-electron chi connectivity index (χ0n) is 13.2. The summed E-state index contributed by atoms with van der Waals surface area (Å²) in [5.74, 6) is -0.128. The molecule has 22 heavy (non-hydrogen) atoms. The van der Waals surface area contributed by atoms with E-state index in [2.05, 4.69) is 13.8 Å². The molecule has 1 saturated heterocycles. The Balaban J connectivity index is 2.12. The number of benzene rings is 1. The Morgan fingerprint density at radius 3 is 2.27 bits per heavy atom. The van der Waals surface area contributed by atoms with Gasteiger partial charge in [-0.05, 0) is 42.9 Å². The summed E-state index contributed by atoms with van der Waals surface area (Å²) in [4.78, 5) is 11.5. The smallest absolute Gasteiger partial charge is 0.243 e. The van der Waals surface area contributed by atoms with Crippen molar-refractivity contribution in [1.82, 2.24) is 4.31 Å². The van der Waals surface area contributed by atoms with Crippen LogP contribution >= 0.6 is 0 Å². The van der Waals surface area contributed by atoms with Gasteiger partial charge >= 0.3 is 0 Å². The second kappa shape index (κ2) is 6.79. The van der Waals surface area contributed by atoms with Gasteiger partial charge in [-0.25, -0.2) is 8.42 Å². The van der Waals surface area contributed by atoms with Crippen molar-refractivity contribution in [1.29, 1.82) is 0 Å². The van der Waals surface area contributed by atoms with Crippen LogP contribution in [0.15, 0.2) is 29.2 Å². The van der Waals surface area contributed by atoms with Crippen molar-refractivity contribution in [3.63, 3.8) is 0 Å². The number of hydrogen-bond donors (Lipinski definition) is 1. The highest BCUT2D eigenvalue weighted by molar-refractivity contribution is 7.89. The minimum absolute atomic E-state index is 0.209. The average Bonchev–Trinajstić information content (AvgIpc) is 2.54. The Hall–Kier alpha value is -1.40. The van der Waals surface area contributed by atoms with Gasteiger partial charge in [-0.15, -0.1) is 0 Å². The van der Waals surface area contributed by atoms with Crippen LogP contribution in [-0.2, 0) is 14.8 Å². The first-order chi connectivity index (χ1) is 10.4. The molecule has 122 valence electrons. The van der Waals surface area contributed by atoms with Gasteiger partial charge in [-0.3, -0.25) is 4.79 Å². The zero-order valence-corrected chi connectivity index (χ0v) is 14.0. The number of carbonyl (C=O) groups excluding carboxylic acids is 1. The molecule has 6 heteroatoms. The molecule has 2 N–H and O–H groups in total. The van der Waals surface area contributed by atoms with E-state index >= 15 is 0 Å². The number of nitrogens with zero attached hydrogens (tertiary/aromatic N) is 1. The van der Waals surface area contributed by atoms with E-state index in [0.29, 0.717) is 36.7 Å². The van der Waals surface area contributed by atoms with E-state index in [-0.39, 0.29) is 11.8 Å². The first kappa shape index (κ1) is 17.0. The first-order valence-corrected chi connectivity index (χ1v) is 9.19. The van der Waals surface area contributed by atoms with Gasteiger partial charge in [-0.2, -0.15) is 4.31 Å². The SMILES string of the molecule is CCC(C)c1ccc(S(=O)(=O)N2CCC(C(N)=O)CC2)cc1. The predicted molar refractivity (Wildman–Crippen MR) is 85.8 cm³/mol. The van der Waals surface area contributed by atoms with Gasteiger partial charge in [0.15, 0.2) is 0 Å². The number of rotatable bonds is 5. The standard InChI is InChI=1S/C16H24N2O3S/c1-3-12(2)13-4-6-15(7-5-13)22(20,21)18-10-8-14(9-11-18)16(17)19/h4-7,12,14H,3,8-11H2,1-2H3,(H2,17,19). The summed E-state index contributed by atoms with van der Waals surface area (Å²) in [5, 5.41) is 0. The maximum absolute atomic E-state index is 12.6. The minimum Gasteiger partial charge on any atom is -0.369 e. The maximum Gasteiger partial charge on any atom is 0.243 e. The molecule has 1 fully saturated rings. The number of sulfonamides is 1. The molecule has 5 nitrogen and oxygen atoms in total. The van der Waals surface area contributed by atoms with Gasteiger partial charge in [0.2, 0.25) is 15.9 Å². The molecule has 1 aromatic rings. The predicted octanol–water partition coefficient (Wildman–Crippen LogP) is 2.09. The third kappa shape index (κ3) is 3.50. The molecule has 2 rings (SSSR count). The van der Waals surface area contributed by atoms with Crippen LogP contribution in [0.25, 0.3) is 0 Å². The third-order valence-electron chi connectivity index (χ3n) is 4.56. The molecular weight excluding hydrogens is 300 g/mol. The fourth-order valence-corrected chi connectivity index (χ4v) is 4.20. The van der Waals surface area contributed by atoms with Crippen molar-refractivity contribution in [2.75, 3.05) is 13.1 Å². The quantitative estimate of drug-likeness (QED) is 0.900. The summed E-state index contributed by atoms with van der Waals surface area (Å²) in [6, 6.07) is 7.13.